The summed E-state index contributed by atoms with van der Waals surface area (Å²) in [4.78, 5) is 4.43. The van der Waals surface area contributed by atoms with Crippen molar-refractivity contribution in [3.8, 4) is 28.5 Å². The number of rotatable bonds is 2. The number of aromatic nitrogens is 4. The van der Waals surface area contributed by atoms with E-state index >= 15 is 0 Å². The van der Waals surface area contributed by atoms with Crippen LogP contribution in [0.15, 0.2) is 10.6 Å². The largest absolute Gasteiger partial charge is 0.383 e. The van der Waals surface area contributed by atoms with Crippen LogP contribution in [-0.2, 0) is 7.05 Å². The smallest absolute Gasteiger partial charge is 0.142 e. The molecule has 0 fully saturated rings. The molecule has 0 aliphatic carbocycles. The zero-order chi connectivity index (χ0) is 17.6. The van der Waals surface area contributed by atoms with Gasteiger partial charge in [0, 0.05) is 29.4 Å². The van der Waals surface area contributed by atoms with E-state index in [-0.39, 0.29) is 5.82 Å². The first kappa shape index (κ1) is 15.7. The molecule has 7 nitrogen and oxygen atoms in total. The van der Waals surface area contributed by atoms with E-state index in [1.165, 1.54) is 0 Å². The molecule has 0 bridgehead atoms. The van der Waals surface area contributed by atoms with Gasteiger partial charge in [-0.2, -0.15) is 10.4 Å². The van der Waals surface area contributed by atoms with Crippen LogP contribution in [0.5, 0.6) is 0 Å². The summed E-state index contributed by atoms with van der Waals surface area (Å²) in [5, 5.41) is 17.9. The van der Waals surface area contributed by atoms with E-state index in [4.69, 9.17) is 10.3 Å². The minimum atomic E-state index is 0.188. The van der Waals surface area contributed by atoms with Gasteiger partial charge in [-0.3, -0.25) is 4.68 Å². The van der Waals surface area contributed by atoms with Gasteiger partial charge in [-0.1, -0.05) is 5.16 Å². The lowest BCUT2D eigenvalue weighted by Gasteiger charge is -2.10. The molecule has 3 heterocycles. The topological polar surface area (TPSA) is 107 Å². The first-order valence-corrected chi connectivity index (χ1v) is 7.49. The Labute approximate surface area is 139 Å². The number of pyridine rings is 1. The van der Waals surface area contributed by atoms with Gasteiger partial charge >= 0.3 is 0 Å². The van der Waals surface area contributed by atoms with Crippen molar-refractivity contribution in [2.24, 2.45) is 7.05 Å². The van der Waals surface area contributed by atoms with Crippen molar-refractivity contribution >= 4 is 5.82 Å². The Balaban J connectivity index is 2.35. The lowest BCUT2D eigenvalue weighted by atomic mass is 9.97. The number of nitrogens with zero attached hydrogens (tertiary/aromatic N) is 5. The summed E-state index contributed by atoms with van der Waals surface area (Å²) in [6.07, 6.45) is 0. The summed E-state index contributed by atoms with van der Waals surface area (Å²) in [5.74, 6) is 0.827. The summed E-state index contributed by atoms with van der Waals surface area (Å²) < 4.78 is 7.05. The van der Waals surface area contributed by atoms with Gasteiger partial charge in [0.05, 0.1) is 17.1 Å². The summed E-state index contributed by atoms with van der Waals surface area (Å²) in [5.41, 5.74) is 12.0. The third kappa shape index (κ3) is 2.24. The average Bonchev–Trinajstić information content (AvgIpc) is 2.97. The third-order valence-electron chi connectivity index (χ3n) is 4.23. The van der Waals surface area contributed by atoms with Crippen LogP contribution in [0.2, 0.25) is 0 Å². The number of nitrogens with two attached hydrogens (primary N) is 1. The molecule has 122 valence electrons. The summed E-state index contributed by atoms with van der Waals surface area (Å²) in [7, 11) is 1.88. The number of nitriles is 1. The van der Waals surface area contributed by atoms with Gasteiger partial charge in [0.15, 0.2) is 0 Å². The molecule has 0 saturated carbocycles. The number of hydrogen-bond donors (Lipinski definition) is 1. The zero-order valence-corrected chi connectivity index (χ0v) is 14.3. The van der Waals surface area contributed by atoms with Crippen molar-refractivity contribution in [2.75, 3.05) is 5.73 Å². The molecule has 3 aromatic heterocycles. The second kappa shape index (κ2) is 5.49. The molecule has 0 spiro atoms. The summed E-state index contributed by atoms with van der Waals surface area (Å²) >= 11 is 0. The van der Waals surface area contributed by atoms with E-state index < -0.39 is 0 Å². The van der Waals surface area contributed by atoms with Crippen molar-refractivity contribution in [1.82, 2.24) is 19.9 Å². The molecule has 0 aliphatic rings. The molecule has 0 aromatic carbocycles. The van der Waals surface area contributed by atoms with Gasteiger partial charge in [-0.05, 0) is 33.8 Å². The van der Waals surface area contributed by atoms with Crippen molar-refractivity contribution in [1.29, 1.82) is 5.26 Å². The van der Waals surface area contributed by atoms with Crippen LogP contribution < -0.4 is 5.73 Å². The normalized spacial score (nSPS) is 10.8. The van der Waals surface area contributed by atoms with Crippen LogP contribution in [0.4, 0.5) is 5.82 Å². The molecule has 2 N–H and O–H groups in total. The van der Waals surface area contributed by atoms with Gasteiger partial charge in [-0.15, -0.1) is 0 Å². The lowest BCUT2D eigenvalue weighted by molar-refractivity contribution is 0.393. The second-order valence-corrected chi connectivity index (χ2v) is 5.80. The van der Waals surface area contributed by atoms with Crippen LogP contribution in [0, 0.1) is 39.0 Å². The van der Waals surface area contributed by atoms with Crippen LogP contribution in [0.3, 0.4) is 0 Å². The van der Waals surface area contributed by atoms with E-state index in [1.807, 2.05) is 40.8 Å². The molecular weight excluding hydrogens is 304 g/mol. The molecule has 3 rings (SSSR count). The Morgan fingerprint density at radius 3 is 2.38 bits per heavy atom. The van der Waals surface area contributed by atoms with E-state index in [1.54, 1.807) is 4.68 Å². The van der Waals surface area contributed by atoms with Gasteiger partial charge in [0.25, 0.3) is 0 Å². The van der Waals surface area contributed by atoms with E-state index in [0.717, 1.165) is 22.5 Å². The molecule has 7 heteroatoms. The first-order valence-electron chi connectivity index (χ1n) is 7.49. The Hall–Kier alpha value is -3.14. The highest BCUT2D eigenvalue weighted by Crippen LogP contribution is 2.36. The predicted octanol–water partition coefficient (Wildman–Crippen LogP) is 2.82. The number of anilines is 1. The fourth-order valence-electron chi connectivity index (χ4n) is 3.02. The Kier molecular flexibility index (Phi) is 3.60. The molecule has 24 heavy (non-hydrogen) atoms. The number of aryl methyl sites for hydroxylation is 4. The quantitative estimate of drug-likeness (QED) is 0.777. The van der Waals surface area contributed by atoms with E-state index in [2.05, 4.69) is 21.3 Å². The van der Waals surface area contributed by atoms with E-state index in [9.17, 15) is 5.26 Å². The summed E-state index contributed by atoms with van der Waals surface area (Å²) in [6, 6.07) is 4.00. The van der Waals surface area contributed by atoms with E-state index in [0.29, 0.717) is 28.3 Å². The molecule has 0 atom stereocenters. The average molecular weight is 322 g/mol. The Morgan fingerprint density at radius 1 is 1.17 bits per heavy atom. The maximum absolute atomic E-state index is 9.52. The molecular formula is C17H18N6O. The first-order chi connectivity index (χ1) is 11.3. The maximum Gasteiger partial charge on any atom is 0.142 e. The van der Waals surface area contributed by atoms with Crippen molar-refractivity contribution in [3.05, 3.63) is 34.5 Å². The second-order valence-electron chi connectivity index (χ2n) is 5.80. The maximum atomic E-state index is 9.52. The van der Waals surface area contributed by atoms with Gasteiger partial charge in [-0.25, -0.2) is 4.98 Å². The van der Waals surface area contributed by atoms with Crippen molar-refractivity contribution in [2.45, 2.75) is 27.7 Å². The van der Waals surface area contributed by atoms with Crippen LogP contribution in [0.25, 0.3) is 22.4 Å². The highest BCUT2D eigenvalue weighted by Gasteiger charge is 2.21. The van der Waals surface area contributed by atoms with Gasteiger partial charge in [0.2, 0.25) is 0 Å². The molecule has 0 unspecified atom stereocenters. The van der Waals surface area contributed by atoms with Crippen LogP contribution in [0.1, 0.15) is 28.4 Å². The summed E-state index contributed by atoms with van der Waals surface area (Å²) in [6.45, 7) is 7.55. The van der Waals surface area contributed by atoms with Crippen molar-refractivity contribution in [3.63, 3.8) is 0 Å². The highest BCUT2D eigenvalue weighted by molar-refractivity contribution is 5.82. The highest BCUT2D eigenvalue weighted by atomic mass is 16.5. The van der Waals surface area contributed by atoms with Gasteiger partial charge in [0.1, 0.15) is 23.2 Å². The Bertz CT molecular complexity index is 970. The van der Waals surface area contributed by atoms with Crippen molar-refractivity contribution < 1.29 is 4.52 Å². The molecule has 0 radical (unpaired) electrons. The monoisotopic (exact) mass is 322 g/mol. The fourth-order valence-corrected chi connectivity index (χ4v) is 3.02. The molecule has 0 aliphatic heterocycles. The molecule has 0 amide bonds. The standard InChI is InChI=1S/C17H18N6O/c1-8-15(10(3)23(5)21-8)14-6-12(13(7-18)17(19)20-14)16-9(2)22-24-11(16)4/h6H,1-5H3,(H2,19,20). The minimum Gasteiger partial charge on any atom is -0.383 e. The fraction of sp³-hybridized carbons (Fsp3) is 0.294. The SMILES string of the molecule is Cc1noc(C)c1-c1cc(-c2c(C)nn(C)c2C)nc(N)c1C#N. The number of nitrogen functional groups attached to an aromatic ring is 1. The molecule has 3 aromatic rings. The van der Waals surface area contributed by atoms with Crippen LogP contribution in [-0.4, -0.2) is 19.9 Å². The van der Waals surface area contributed by atoms with Crippen LogP contribution >= 0.6 is 0 Å². The zero-order valence-electron chi connectivity index (χ0n) is 14.3. The molecule has 0 saturated heterocycles. The van der Waals surface area contributed by atoms with Gasteiger partial charge < -0.3 is 10.3 Å². The Morgan fingerprint density at radius 2 is 1.88 bits per heavy atom. The third-order valence-corrected chi connectivity index (χ3v) is 4.23. The lowest BCUT2D eigenvalue weighted by Crippen LogP contribution is -2.01. The number of hydrogen-bond acceptors (Lipinski definition) is 6. The predicted molar refractivity (Wildman–Crippen MR) is 90.0 cm³/mol. The minimum absolute atomic E-state index is 0.188.